The van der Waals surface area contributed by atoms with Crippen molar-refractivity contribution in [1.82, 2.24) is 5.32 Å². The summed E-state index contributed by atoms with van der Waals surface area (Å²) in [4.78, 5) is 45.8. The molecule has 9 nitrogen and oxygen atoms in total. The van der Waals surface area contributed by atoms with E-state index in [9.17, 15) is 29.4 Å². The summed E-state index contributed by atoms with van der Waals surface area (Å²) in [5.74, 6) is -6.21. The normalized spacial score (nSPS) is 32.5. The van der Waals surface area contributed by atoms with Gasteiger partial charge in [-0.05, 0) is 36.6 Å². The maximum atomic E-state index is 12.3. The topological polar surface area (TPSA) is 167 Å². The summed E-state index contributed by atoms with van der Waals surface area (Å²) in [7, 11) is 0. The number of amides is 1. The van der Waals surface area contributed by atoms with Gasteiger partial charge in [0, 0.05) is 17.5 Å². The Morgan fingerprint density at radius 2 is 1.60 bits per heavy atom. The van der Waals surface area contributed by atoms with E-state index < -0.39 is 53.1 Å². The van der Waals surface area contributed by atoms with Crippen LogP contribution in [0.2, 0.25) is 0 Å². The first-order valence-electron chi connectivity index (χ1n) is 7.56. The molecule has 2 fully saturated rings. The quantitative estimate of drug-likeness (QED) is 0.480. The second-order valence-corrected chi connectivity index (χ2v) is 6.48. The number of carbonyl (C=O) groups excluding carboxylic acids is 1. The molecule has 0 saturated heterocycles. The Hall–Kier alpha value is -2.94. The number of carbonyl (C=O) groups is 4. The van der Waals surface area contributed by atoms with Gasteiger partial charge in [0.1, 0.15) is 5.54 Å². The van der Waals surface area contributed by atoms with Crippen LogP contribution in [0.4, 0.5) is 0 Å². The van der Waals surface area contributed by atoms with Gasteiger partial charge in [-0.2, -0.15) is 0 Å². The molecule has 2 aliphatic carbocycles. The Kier molecular flexibility index (Phi) is 3.76. The van der Waals surface area contributed by atoms with Gasteiger partial charge >= 0.3 is 17.9 Å². The minimum absolute atomic E-state index is 0.0254. The van der Waals surface area contributed by atoms with Gasteiger partial charge in [-0.1, -0.05) is 0 Å². The molecule has 1 amide bonds. The van der Waals surface area contributed by atoms with Crippen LogP contribution in [-0.4, -0.2) is 50.7 Å². The SMILES string of the molecule is NC1(C(=O)O)CC(NC(=O)c2ccc(C(=O)O)cc2)C2C1[C@H]2C(=O)O. The lowest BCUT2D eigenvalue weighted by Crippen LogP contribution is -2.52. The van der Waals surface area contributed by atoms with Crippen LogP contribution in [0.25, 0.3) is 0 Å². The van der Waals surface area contributed by atoms with Crippen molar-refractivity contribution in [2.75, 3.05) is 0 Å². The van der Waals surface area contributed by atoms with Crippen LogP contribution in [0.5, 0.6) is 0 Å². The van der Waals surface area contributed by atoms with Gasteiger partial charge in [-0.3, -0.25) is 14.4 Å². The van der Waals surface area contributed by atoms with E-state index in [4.69, 9.17) is 10.8 Å². The third kappa shape index (κ3) is 2.62. The third-order valence-corrected chi connectivity index (χ3v) is 5.09. The van der Waals surface area contributed by atoms with E-state index in [0.717, 1.165) is 0 Å². The molecule has 3 rings (SSSR count). The highest BCUT2D eigenvalue weighted by molar-refractivity contribution is 5.96. The standard InChI is InChI=1S/C16H16N2O7/c17-16(15(24)25)5-8(9-10(11(9)16)14(22)23)18-12(19)6-1-3-7(4-2-6)13(20)21/h1-4,8-11H,5,17H2,(H,18,19)(H,20,21)(H,22,23)(H,24,25)/t8?,9?,10-,11?,16?/m0/s1. The van der Waals surface area contributed by atoms with Crippen molar-refractivity contribution >= 4 is 23.8 Å². The predicted molar refractivity (Wildman–Crippen MR) is 81.9 cm³/mol. The lowest BCUT2D eigenvalue weighted by Gasteiger charge is -2.25. The van der Waals surface area contributed by atoms with E-state index in [1.165, 1.54) is 24.3 Å². The zero-order chi connectivity index (χ0) is 18.5. The van der Waals surface area contributed by atoms with Crippen LogP contribution in [0.3, 0.4) is 0 Å². The van der Waals surface area contributed by atoms with Gasteiger partial charge in [0.05, 0.1) is 11.5 Å². The van der Waals surface area contributed by atoms with E-state index in [1.807, 2.05) is 0 Å². The highest BCUT2D eigenvalue weighted by Crippen LogP contribution is 2.61. The number of hydrogen-bond donors (Lipinski definition) is 5. The minimum Gasteiger partial charge on any atom is -0.481 e. The minimum atomic E-state index is -1.68. The molecule has 9 heteroatoms. The number of rotatable bonds is 5. The smallest absolute Gasteiger partial charge is 0.335 e. The number of aromatic carboxylic acids is 1. The van der Waals surface area contributed by atoms with Crippen molar-refractivity contribution in [3.05, 3.63) is 35.4 Å². The van der Waals surface area contributed by atoms with E-state index in [0.29, 0.717) is 0 Å². The molecule has 2 aliphatic rings. The molecule has 0 aromatic heterocycles. The van der Waals surface area contributed by atoms with Gasteiger partial charge in [0.15, 0.2) is 0 Å². The number of carboxylic acids is 3. The Balaban J connectivity index is 1.76. The summed E-state index contributed by atoms with van der Waals surface area (Å²) >= 11 is 0. The number of fused-ring (bicyclic) bond motifs is 1. The van der Waals surface area contributed by atoms with Gasteiger partial charge in [-0.15, -0.1) is 0 Å². The zero-order valence-electron chi connectivity index (χ0n) is 12.9. The number of aliphatic carboxylic acids is 2. The van der Waals surface area contributed by atoms with Gasteiger partial charge in [0.2, 0.25) is 0 Å². The molecule has 6 N–H and O–H groups in total. The molecule has 1 aromatic carbocycles. The van der Waals surface area contributed by atoms with E-state index in [-0.39, 0.29) is 17.5 Å². The molecule has 132 valence electrons. The molecular formula is C16H16N2O7. The van der Waals surface area contributed by atoms with E-state index in [1.54, 1.807) is 0 Å². The maximum Gasteiger partial charge on any atom is 0.335 e. The van der Waals surface area contributed by atoms with Crippen molar-refractivity contribution in [3.8, 4) is 0 Å². The van der Waals surface area contributed by atoms with Crippen LogP contribution in [0, 0.1) is 17.8 Å². The van der Waals surface area contributed by atoms with Crippen LogP contribution in [0.1, 0.15) is 27.1 Å². The van der Waals surface area contributed by atoms with Crippen molar-refractivity contribution in [3.63, 3.8) is 0 Å². The summed E-state index contributed by atoms with van der Waals surface area (Å²) in [6, 6.07) is 4.55. The number of nitrogens with two attached hydrogens (primary N) is 1. The van der Waals surface area contributed by atoms with E-state index in [2.05, 4.69) is 5.32 Å². The van der Waals surface area contributed by atoms with Gasteiger partial charge < -0.3 is 26.4 Å². The predicted octanol–water partition coefficient (Wildman–Crippen LogP) is -0.384. The molecule has 0 heterocycles. The molecule has 0 aliphatic heterocycles. The van der Waals surface area contributed by atoms with Crippen LogP contribution < -0.4 is 11.1 Å². The van der Waals surface area contributed by atoms with Crippen molar-refractivity contribution in [2.45, 2.75) is 18.0 Å². The Morgan fingerprint density at radius 3 is 2.08 bits per heavy atom. The maximum absolute atomic E-state index is 12.3. The van der Waals surface area contributed by atoms with Crippen molar-refractivity contribution in [2.24, 2.45) is 23.5 Å². The molecule has 4 unspecified atom stereocenters. The third-order valence-electron chi connectivity index (χ3n) is 5.09. The molecule has 2 saturated carbocycles. The fourth-order valence-electron chi connectivity index (χ4n) is 3.85. The van der Waals surface area contributed by atoms with Crippen LogP contribution >= 0.6 is 0 Å². The summed E-state index contributed by atoms with van der Waals surface area (Å²) in [5.41, 5.74) is 4.43. The number of carboxylic acid groups (broad SMARTS) is 3. The molecular weight excluding hydrogens is 332 g/mol. The summed E-state index contributed by atoms with van der Waals surface area (Å²) < 4.78 is 0. The van der Waals surface area contributed by atoms with Gasteiger partial charge in [-0.25, -0.2) is 4.79 Å². The first-order chi connectivity index (χ1) is 11.7. The van der Waals surface area contributed by atoms with E-state index >= 15 is 0 Å². The van der Waals surface area contributed by atoms with Gasteiger partial charge in [0.25, 0.3) is 5.91 Å². The van der Waals surface area contributed by atoms with Crippen LogP contribution in [0.15, 0.2) is 24.3 Å². The van der Waals surface area contributed by atoms with Crippen molar-refractivity contribution < 1.29 is 34.5 Å². The Bertz CT molecular complexity index is 775. The average Bonchev–Trinajstić information content (AvgIpc) is 3.24. The molecule has 0 spiro atoms. The largest absolute Gasteiger partial charge is 0.481 e. The Labute approximate surface area is 141 Å². The van der Waals surface area contributed by atoms with Crippen LogP contribution in [-0.2, 0) is 9.59 Å². The summed E-state index contributed by atoms with van der Waals surface area (Å²) in [5, 5.41) is 30.0. The fourth-order valence-corrected chi connectivity index (χ4v) is 3.85. The highest BCUT2D eigenvalue weighted by Gasteiger charge is 2.74. The fraction of sp³-hybridized carbons (Fsp3) is 0.375. The lowest BCUT2D eigenvalue weighted by molar-refractivity contribution is -0.145. The second-order valence-electron chi connectivity index (χ2n) is 6.48. The monoisotopic (exact) mass is 348 g/mol. The summed E-state index contributed by atoms with van der Waals surface area (Å²) in [6.45, 7) is 0. The lowest BCUT2D eigenvalue weighted by atomic mass is 9.90. The molecule has 1 aromatic rings. The number of hydrogen-bond acceptors (Lipinski definition) is 5. The second kappa shape index (κ2) is 5.55. The molecule has 0 bridgehead atoms. The number of nitrogens with one attached hydrogen (secondary N) is 1. The first kappa shape index (κ1) is 16.9. The molecule has 5 atom stereocenters. The average molecular weight is 348 g/mol. The summed E-state index contributed by atoms with van der Waals surface area (Å²) in [6.07, 6.45) is -0.0552. The highest BCUT2D eigenvalue weighted by atomic mass is 16.4. The van der Waals surface area contributed by atoms with Crippen molar-refractivity contribution in [1.29, 1.82) is 0 Å². The molecule has 0 radical (unpaired) electrons. The number of benzene rings is 1. The zero-order valence-corrected chi connectivity index (χ0v) is 12.9. The first-order valence-corrected chi connectivity index (χ1v) is 7.56. The molecule has 25 heavy (non-hydrogen) atoms. The Morgan fingerprint density at radius 1 is 1.04 bits per heavy atom.